The van der Waals surface area contributed by atoms with Gasteiger partial charge in [0.25, 0.3) is 0 Å². The van der Waals surface area contributed by atoms with E-state index in [1.165, 1.54) is 29.6 Å². The summed E-state index contributed by atoms with van der Waals surface area (Å²) in [6.45, 7) is 4.87. The molecule has 4 aliphatic rings. The molecule has 1 heterocycles. The van der Waals surface area contributed by atoms with Gasteiger partial charge in [-0.15, -0.1) is 0 Å². The fourth-order valence-corrected chi connectivity index (χ4v) is 8.55. The highest BCUT2D eigenvalue weighted by Gasteiger charge is 2.57. The standard InChI is InChI=1S/C26H33N2O4P/c1-25-13-11-18(32-33(29,30)31)15-17(25)7-8-19-20-9-10-24(26(20,2)14-12-21(19)25)28-16-27-22-5-3-4-6-23(22)28/h3-7,10,16,18-21H,8-9,11-15H2,1-2H3,(H2,29,30,31)/t18-,19?,20?,21?,25-,26-/m0/s1. The predicted octanol–water partition coefficient (Wildman–Crippen LogP) is 5.93. The van der Waals surface area contributed by atoms with Crippen LogP contribution in [-0.4, -0.2) is 25.4 Å². The lowest BCUT2D eigenvalue weighted by Gasteiger charge is -2.57. The molecule has 0 saturated heterocycles. The number of nitrogens with zero attached hydrogens (tertiary/aromatic N) is 2. The minimum absolute atomic E-state index is 0.115. The number of hydrogen-bond donors (Lipinski definition) is 2. The zero-order valence-electron chi connectivity index (χ0n) is 19.4. The fourth-order valence-electron chi connectivity index (χ4n) is 7.98. The first-order valence-electron chi connectivity index (χ1n) is 12.3. The summed E-state index contributed by atoms with van der Waals surface area (Å²) in [4.78, 5) is 23.2. The normalized spacial score (nSPS) is 38.3. The molecule has 0 bridgehead atoms. The maximum absolute atomic E-state index is 11.4. The predicted molar refractivity (Wildman–Crippen MR) is 128 cm³/mol. The number of hydrogen-bond acceptors (Lipinski definition) is 3. The zero-order chi connectivity index (χ0) is 23.0. The van der Waals surface area contributed by atoms with Crippen LogP contribution in [0.4, 0.5) is 0 Å². The van der Waals surface area contributed by atoms with Crippen molar-refractivity contribution in [2.75, 3.05) is 0 Å². The smallest absolute Gasteiger partial charge is 0.303 e. The molecule has 0 aliphatic heterocycles. The molecule has 33 heavy (non-hydrogen) atoms. The zero-order valence-corrected chi connectivity index (χ0v) is 20.2. The molecular formula is C26H33N2O4P. The van der Waals surface area contributed by atoms with E-state index in [4.69, 9.17) is 4.52 Å². The van der Waals surface area contributed by atoms with Crippen LogP contribution in [0, 0.1) is 28.6 Å². The summed E-state index contributed by atoms with van der Waals surface area (Å²) in [5.41, 5.74) is 5.28. The molecule has 2 N–H and O–H groups in total. The number of para-hydroxylation sites is 2. The molecule has 3 unspecified atom stereocenters. The van der Waals surface area contributed by atoms with Gasteiger partial charge in [0.15, 0.2) is 0 Å². The van der Waals surface area contributed by atoms with Crippen LogP contribution in [0.25, 0.3) is 16.7 Å². The Labute approximate surface area is 195 Å². The summed E-state index contributed by atoms with van der Waals surface area (Å²) in [6, 6.07) is 8.39. The lowest BCUT2D eigenvalue weighted by atomic mass is 9.48. The molecule has 2 saturated carbocycles. The van der Waals surface area contributed by atoms with Gasteiger partial charge in [-0.1, -0.05) is 43.7 Å². The maximum atomic E-state index is 11.4. The van der Waals surface area contributed by atoms with Gasteiger partial charge in [-0.05, 0) is 80.2 Å². The Bertz CT molecular complexity index is 1210. The molecule has 2 aromatic rings. The summed E-state index contributed by atoms with van der Waals surface area (Å²) in [5.74, 6) is 1.88. The molecule has 1 aromatic carbocycles. The second kappa shape index (κ2) is 7.39. The molecule has 4 aliphatic carbocycles. The van der Waals surface area contributed by atoms with Gasteiger partial charge in [-0.2, -0.15) is 0 Å². The number of rotatable bonds is 3. The largest absolute Gasteiger partial charge is 0.469 e. The Hall–Kier alpha value is -1.72. The Kier molecular flexibility index (Phi) is 4.88. The number of phosphoric acid groups is 1. The third-order valence-electron chi connectivity index (χ3n) is 9.60. The van der Waals surface area contributed by atoms with Gasteiger partial charge >= 0.3 is 7.82 Å². The van der Waals surface area contributed by atoms with E-state index in [2.05, 4.69) is 53.7 Å². The molecule has 7 heteroatoms. The second-order valence-corrected chi connectivity index (χ2v) is 12.3. The van der Waals surface area contributed by atoms with Crippen molar-refractivity contribution >= 4 is 24.6 Å². The van der Waals surface area contributed by atoms with E-state index in [0.717, 1.165) is 24.8 Å². The summed E-state index contributed by atoms with van der Waals surface area (Å²) >= 11 is 0. The van der Waals surface area contributed by atoms with Crippen LogP contribution >= 0.6 is 7.82 Å². The molecule has 0 radical (unpaired) electrons. The lowest BCUT2D eigenvalue weighted by Crippen LogP contribution is -2.50. The molecule has 1 aromatic heterocycles. The van der Waals surface area contributed by atoms with E-state index in [1.54, 1.807) is 0 Å². The van der Waals surface area contributed by atoms with Crippen LogP contribution in [0.1, 0.15) is 58.8 Å². The molecule has 0 spiro atoms. The Morgan fingerprint density at radius 3 is 2.67 bits per heavy atom. The summed E-state index contributed by atoms with van der Waals surface area (Å²) in [5, 5.41) is 0. The number of fused-ring (bicyclic) bond motifs is 6. The number of phosphoric ester groups is 1. The van der Waals surface area contributed by atoms with Crippen molar-refractivity contribution in [3.8, 4) is 0 Å². The van der Waals surface area contributed by atoms with Crippen LogP contribution in [0.15, 0.2) is 48.3 Å². The van der Waals surface area contributed by atoms with Gasteiger partial charge < -0.3 is 14.4 Å². The van der Waals surface area contributed by atoms with Crippen molar-refractivity contribution in [1.82, 2.24) is 9.55 Å². The first-order chi connectivity index (χ1) is 15.7. The summed E-state index contributed by atoms with van der Waals surface area (Å²) in [7, 11) is -4.45. The van der Waals surface area contributed by atoms with Crippen molar-refractivity contribution in [3.63, 3.8) is 0 Å². The minimum atomic E-state index is -4.45. The van der Waals surface area contributed by atoms with E-state index in [9.17, 15) is 14.4 Å². The van der Waals surface area contributed by atoms with E-state index in [0.29, 0.717) is 30.6 Å². The van der Waals surface area contributed by atoms with Crippen LogP contribution in [-0.2, 0) is 9.09 Å². The van der Waals surface area contributed by atoms with E-state index in [-0.39, 0.29) is 16.9 Å². The molecular weight excluding hydrogens is 435 g/mol. The van der Waals surface area contributed by atoms with Crippen LogP contribution in [0.3, 0.4) is 0 Å². The van der Waals surface area contributed by atoms with Crippen LogP contribution in [0.5, 0.6) is 0 Å². The van der Waals surface area contributed by atoms with Gasteiger partial charge in [-0.25, -0.2) is 9.55 Å². The number of imidazole rings is 1. The van der Waals surface area contributed by atoms with Crippen molar-refractivity contribution in [2.45, 2.75) is 64.9 Å². The first kappa shape index (κ1) is 21.8. The molecule has 6 rings (SSSR count). The van der Waals surface area contributed by atoms with Gasteiger partial charge in [0, 0.05) is 11.1 Å². The average molecular weight is 469 g/mol. The minimum Gasteiger partial charge on any atom is -0.303 e. The molecule has 2 fully saturated rings. The quantitative estimate of drug-likeness (QED) is 0.431. The first-order valence-corrected chi connectivity index (χ1v) is 13.8. The van der Waals surface area contributed by atoms with E-state index < -0.39 is 7.82 Å². The van der Waals surface area contributed by atoms with Crippen molar-refractivity contribution in [1.29, 1.82) is 0 Å². The average Bonchev–Trinajstić information content (AvgIpc) is 3.33. The van der Waals surface area contributed by atoms with Crippen LogP contribution in [0.2, 0.25) is 0 Å². The second-order valence-electron chi connectivity index (χ2n) is 11.1. The van der Waals surface area contributed by atoms with Gasteiger partial charge in [0.1, 0.15) is 6.33 Å². The summed E-state index contributed by atoms with van der Waals surface area (Å²) in [6.07, 6.45) is 13.3. The fraction of sp³-hybridized carbons (Fsp3) is 0.577. The SMILES string of the molecule is C[C@]12CC[C@H](OP(=O)(O)O)CC1=CCC1C2CC[C@]2(C)C(n3cnc4ccccc43)=CCC12. The third kappa shape index (κ3) is 3.33. The van der Waals surface area contributed by atoms with E-state index >= 15 is 0 Å². The van der Waals surface area contributed by atoms with Gasteiger partial charge in [0.05, 0.1) is 17.1 Å². The summed E-state index contributed by atoms with van der Waals surface area (Å²) < 4.78 is 18.8. The highest BCUT2D eigenvalue weighted by atomic mass is 31.2. The number of benzene rings is 1. The topological polar surface area (TPSA) is 84.6 Å². The molecule has 6 nitrogen and oxygen atoms in total. The Morgan fingerprint density at radius 2 is 1.85 bits per heavy atom. The number of allylic oxidation sites excluding steroid dienone is 3. The van der Waals surface area contributed by atoms with Gasteiger partial charge in [-0.3, -0.25) is 4.52 Å². The van der Waals surface area contributed by atoms with Crippen molar-refractivity contribution in [2.24, 2.45) is 28.6 Å². The van der Waals surface area contributed by atoms with Crippen molar-refractivity contribution in [3.05, 3.63) is 48.3 Å². The Balaban J connectivity index is 1.28. The highest BCUT2D eigenvalue weighted by Crippen LogP contribution is 2.66. The van der Waals surface area contributed by atoms with E-state index in [1.807, 2.05) is 12.4 Å². The molecule has 6 atom stereocenters. The lowest BCUT2D eigenvalue weighted by molar-refractivity contribution is -0.0246. The monoisotopic (exact) mass is 468 g/mol. The van der Waals surface area contributed by atoms with Gasteiger partial charge in [0.2, 0.25) is 0 Å². The van der Waals surface area contributed by atoms with Crippen molar-refractivity contribution < 1.29 is 18.9 Å². The highest BCUT2D eigenvalue weighted by molar-refractivity contribution is 7.46. The maximum Gasteiger partial charge on any atom is 0.469 e. The van der Waals surface area contributed by atoms with Crippen LogP contribution < -0.4 is 0 Å². The number of aromatic nitrogens is 2. The molecule has 176 valence electrons. The molecule has 0 amide bonds. The third-order valence-corrected chi connectivity index (χ3v) is 10.2. The Morgan fingerprint density at radius 1 is 1.06 bits per heavy atom.